The fourth-order valence-corrected chi connectivity index (χ4v) is 3.01. The molecule has 0 bridgehead atoms. The molecule has 1 heterocycles. The van der Waals surface area contributed by atoms with Crippen molar-refractivity contribution in [1.82, 2.24) is 0 Å². The summed E-state index contributed by atoms with van der Waals surface area (Å²) in [6.07, 6.45) is 0. The first-order valence-electron chi connectivity index (χ1n) is 5.58. The van der Waals surface area contributed by atoms with Gasteiger partial charge in [0, 0.05) is 15.3 Å². The molecule has 0 aliphatic carbocycles. The lowest BCUT2D eigenvalue weighted by Crippen LogP contribution is -2.14. The zero-order valence-corrected chi connectivity index (χ0v) is 11.1. The van der Waals surface area contributed by atoms with Crippen LogP contribution in [0, 0.1) is 26.6 Å². The fraction of sp³-hybridized carbons (Fsp3) is 0.286. The van der Waals surface area contributed by atoms with Crippen molar-refractivity contribution >= 4 is 11.3 Å². The largest absolute Gasteiger partial charge is 0.320 e. The van der Waals surface area contributed by atoms with E-state index in [2.05, 4.69) is 0 Å². The van der Waals surface area contributed by atoms with Crippen molar-refractivity contribution in [3.05, 3.63) is 56.5 Å². The van der Waals surface area contributed by atoms with Crippen molar-refractivity contribution < 1.29 is 4.39 Å². The third kappa shape index (κ3) is 2.26. The second-order valence-corrected chi connectivity index (χ2v) is 5.78. The van der Waals surface area contributed by atoms with Crippen molar-refractivity contribution in [3.8, 4) is 0 Å². The Morgan fingerprint density at radius 1 is 1.18 bits per heavy atom. The maximum absolute atomic E-state index is 14.0. The third-order valence-corrected chi connectivity index (χ3v) is 3.95. The Kier molecular flexibility index (Phi) is 3.31. The highest BCUT2D eigenvalue weighted by atomic mass is 32.1. The molecule has 0 fully saturated rings. The molecule has 3 heteroatoms. The van der Waals surface area contributed by atoms with Crippen LogP contribution in [0.5, 0.6) is 0 Å². The Balaban J connectivity index is 2.47. The minimum atomic E-state index is -0.375. The summed E-state index contributed by atoms with van der Waals surface area (Å²) < 4.78 is 14.0. The Hall–Kier alpha value is -1.19. The van der Waals surface area contributed by atoms with Crippen LogP contribution >= 0.6 is 11.3 Å². The first-order chi connectivity index (χ1) is 8.00. The molecule has 0 aliphatic rings. The number of benzene rings is 1. The summed E-state index contributed by atoms with van der Waals surface area (Å²) in [5, 5.41) is 0. The molecule has 0 radical (unpaired) electrons. The molecule has 2 N–H and O–H groups in total. The maximum Gasteiger partial charge on any atom is 0.131 e. The zero-order valence-electron chi connectivity index (χ0n) is 10.3. The number of hydrogen-bond donors (Lipinski definition) is 1. The quantitative estimate of drug-likeness (QED) is 0.859. The smallest absolute Gasteiger partial charge is 0.131 e. The van der Waals surface area contributed by atoms with Gasteiger partial charge in [0.05, 0.1) is 6.04 Å². The van der Waals surface area contributed by atoms with Gasteiger partial charge in [0.2, 0.25) is 0 Å². The van der Waals surface area contributed by atoms with Crippen molar-refractivity contribution in [1.29, 1.82) is 0 Å². The molecule has 1 nitrogen and oxygen atoms in total. The van der Waals surface area contributed by atoms with Crippen LogP contribution in [0.2, 0.25) is 0 Å². The maximum atomic E-state index is 14.0. The normalized spacial score (nSPS) is 12.8. The van der Waals surface area contributed by atoms with Crippen molar-refractivity contribution in [2.45, 2.75) is 26.8 Å². The standard InChI is InChI=1S/C14H16FNS/c1-8-5-4-6-11(13(8)15)14(16)12-7-9(2)17-10(12)3/h4-7,14H,16H2,1-3H3. The summed E-state index contributed by atoms with van der Waals surface area (Å²) in [7, 11) is 0. The van der Waals surface area contributed by atoms with E-state index in [4.69, 9.17) is 5.73 Å². The summed E-state index contributed by atoms with van der Waals surface area (Å²) in [5.41, 5.74) is 8.41. The van der Waals surface area contributed by atoms with E-state index in [1.807, 2.05) is 26.0 Å². The Labute approximate surface area is 105 Å². The molecule has 1 unspecified atom stereocenters. The topological polar surface area (TPSA) is 26.0 Å². The van der Waals surface area contributed by atoms with Gasteiger partial charge in [-0.15, -0.1) is 11.3 Å². The highest BCUT2D eigenvalue weighted by molar-refractivity contribution is 7.12. The summed E-state index contributed by atoms with van der Waals surface area (Å²) >= 11 is 1.70. The highest BCUT2D eigenvalue weighted by Gasteiger charge is 2.17. The Morgan fingerprint density at radius 3 is 2.47 bits per heavy atom. The highest BCUT2D eigenvalue weighted by Crippen LogP contribution is 2.30. The number of thiophene rings is 1. The van der Waals surface area contributed by atoms with Crippen LogP contribution in [0.15, 0.2) is 24.3 Å². The molecule has 0 saturated carbocycles. The van der Waals surface area contributed by atoms with Crippen molar-refractivity contribution in [2.24, 2.45) is 5.73 Å². The molecule has 2 aromatic rings. The van der Waals surface area contributed by atoms with Crippen LogP contribution in [0.25, 0.3) is 0 Å². The predicted octanol–water partition coefficient (Wildman–Crippen LogP) is 3.86. The first kappa shape index (κ1) is 12.3. The Bertz CT molecular complexity index is 545. The third-order valence-electron chi connectivity index (χ3n) is 2.97. The molecule has 1 aromatic heterocycles. The molecule has 0 saturated heterocycles. The van der Waals surface area contributed by atoms with Crippen LogP contribution < -0.4 is 5.73 Å². The van der Waals surface area contributed by atoms with Crippen LogP contribution in [-0.2, 0) is 0 Å². The molecule has 1 aromatic carbocycles. The molecule has 0 spiro atoms. The van der Waals surface area contributed by atoms with Gasteiger partial charge in [-0.1, -0.05) is 18.2 Å². The van der Waals surface area contributed by atoms with Crippen LogP contribution in [0.3, 0.4) is 0 Å². The summed E-state index contributed by atoms with van der Waals surface area (Å²) in [5.74, 6) is -0.191. The lowest BCUT2D eigenvalue weighted by atomic mass is 9.98. The minimum absolute atomic E-state index is 0.191. The van der Waals surface area contributed by atoms with Gasteiger partial charge in [0.15, 0.2) is 0 Å². The van der Waals surface area contributed by atoms with E-state index in [9.17, 15) is 4.39 Å². The second-order valence-electron chi connectivity index (χ2n) is 4.32. The van der Waals surface area contributed by atoms with Gasteiger partial charge in [0.1, 0.15) is 5.82 Å². The molecule has 90 valence electrons. The number of nitrogens with two attached hydrogens (primary N) is 1. The van der Waals surface area contributed by atoms with Gasteiger partial charge in [-0.3, -0.25) is 0 Å². The molecule has 0 amide bonds. The van der Waals surface area contributed by atoms with Crippen LogP contribution in [0.1, 0.15) is 32.5 Å². The van der Waals surface area contributed by atoms with E-state index < -0.39 is 0 Å². The summed E-state index contributed by atoms with van der Waals surface area (Å²) in [6, 6.07) is 7.05. The van der Waals surface area contributed by atoms with Crippen LogP contribution in [0.4, 0.5) is 4.39 Å². The second kappa shape index (κ2) is 4.59. The van der Waals surface area contributed by atoms with E-state index in [0.29, 0.717) is 11.1 Å². The fourth-order valence-electron chi connectivity index (χ4n) is 2.04. The molecule has 2 rings (SSSR count). The summed E-state index contributed by atoms with van der Waals surface area (Å²) in [6.45, 7) is 5.83. The predicted molar refractivity (Wildman–Crippen MR) is 71.0 cm³/mol. The molecular formula is C14H16FNS. The number of hydrogen-bond acceptors (Lipinski definition) is 2. The molecule has 17 heavy (non-hydrogen) atoms. The molecule has 1 atom stereocenters. The van der Waals surface area contributed by atoms with Gasteiger partial charge < -0.3 is 5.73 Å². The van der Waals surface area contributed by atoms with Crippen molar-refractivity contribution in [3.63, 3.8) is 0 Å². The average molecular weight is 249 g/mol. The number of halogens is 1. The van der Waals surface area contributed by atoms with E-state index in [0.717, 1.165) is 10.4 Å². The van der Waals surface area contributed by atoms with Crippen molar-refractivity contribution in [2.75, 3.05) is 0 Å². The zero-order chi connectivity index (χ0) is 12.6. The number of aryl methyl sites for hydroxylation is 3. The van der Waals surface area contributed by atoms with Gasteiger partial charge in [-0.2, -0.15) is 0 Å². The molecular weight excluding hydrogens is 233 g/mol. The SMILES string of the molecule is Cc1cc(C(N)c2cccc(C)c2F)c(C)s1. The average Bonchev–Trinajstić information content (AvgIpc) is 2.61. The van der Waals surface area contributed by atoms with E-state index in [-0.39, 0.29) is 11.9 Å². The van der Waals surface area contributed by atoms with Crippen LogP contribution in [-0.4, -0.2) is 0 Å². The van der Waals surface area contributed by atoms with Gasteiger partial charge in [0.25, 0.3) is 0 Å². The monoisotopic (exact) mass is 249 g/mol. The first-order valence-corrected chi connectivity index (χ1v) is 6.40. The summed E-state index contributed by atoms with van der Waals surface area (Å²) in [4.78, 5) is 2.37. The lowest BCUT2D eigenvalue weighted by Gasteiger charge is -2.14. The minimum Gasteiger partial charge on any atom is -0.320 e. The Morgan fingerprint density at radius 2 is 1.88 bits per heavy atom. The number of rotatable bonds is 2. The lowest BCUT2D eigenvalue weighted by molar-refractivity contribution is 0.591. The van der Waals surface area contributed by atoms with Gasteiger partial charge >= 0.3 is 0 Å². The van der Waals surface area contributed by atoms with Gasteiger partial charge in [-0.25, -0.2) is 4.39 Å². The van der Waals surface area contributed by atoms with E-state index in [1.165, 1.54) is 4.88 Å². The van der Waals surface area contributed by atoms with Gasteiger partial charge in [-0.05, 0) is 38.0 Å². The molecule has 0 aliphatic heterocycles. The van der Waals surface area contributed by atoms with E-state index >= 15 is 0 Å². The van der Waals surface area contributed by atoms with E-state index in [1.54, 1.807) is 30.4 Å².